The Labute approximate surface area is 160 Å². The predicted octanol–water partition coefficient (Wildman–Crippen LogP) is 1.13. The average molecular weight is 383 g/mol. The lowest BCUT2D eigenvalue weighted by atomic mass is 10.1. The van der Waals surface area contributed by atoms with Gasteiger partial charge in [-0.05, 0) is 23.8 Å². The van der Waals surface area contributed by atoms with Gasteiger partial charge in [0.25, 0.3) is 11.5 Å². The molecule has 0 aliphatic rings. The van der Waals surface area contributed by atoms with Crippen LogP contribution >= 0.6 is 0 Å². The van der Waals surface area contributed by atoms with Gasteiger partial charge in [0.15, 0.2) is 11.5 Å². The van der Waals surface area contributed by atoms with Crippen LogP contribution in [-0.2, 0) is 13.6 Å². The summed E-state index contributed by atoms with van der Waals surface area (Å²) in [5.74, 6) is 0.644. The van der Waals surface area contributed by atoms with Gasteiger partial charge in [0.2, 0.25) is 0 Å². The van der Waals surface area contributed by atoms with Crippen LogP contribution in [0.4, 0.5) is 0 Å². The van der Waals surface area contributed by atoms with Gasteiger partial charge in [0.1, 0.15) is 0 Å². The summed E-state index contributed by atoms with van der Waals surface area (Å²) in [6.45, 7) is 0.0871. The number of fused-ring (bicyclic) bond motifs is 1. The Balaban J connectivity index is 2.12. The molecule has 8 nitrogen and oxygen atoms in total. The Bertz CT molecular complexity index is 1160. The summed E-state index contributed by atoms with van der Waals surface area (Å²) in [6.07, 6.45) is 0. The SMILES string of the molecule is CNC(=O)c1ccc(Cn2c(=O)c3cc(OC)c(OC)cc3n(C)c2=O)cc1. The van der Waals surface area contributed by atoms with Crippen molar-refractivity contribution in [1.29, 1.82) is 0 Å². The third-order valence-electron chi connectivity index (χ3n) is 4.64. The van der Waals surface area contributed by atoms with Gasteiger partial charge < -0.3 is 14.8 Å². The summed E-state index contributed by atoms with van der Waals surface area (Å²) in [5.41, 5.74) is 0.821. The summed E-state index contributed by atoms with van der Waals surface area (Å²) >= 11 is 0. The van der Waals surface area contributed by atoms with E-state index in [4.69, 9.17) is 9.47 Å². The Morgan fingerprint density at radius 3 is 2.21 bits per heavy atom. The van der Waals surface area contributed by atoms with E-state index in [0.717, 1.165) is 10.1 Å². The van der Waals surface area contributed by atoms with Crippen LogP contribution in [0.2, 0.25) is 0 Å². The number of hydrogen-bond donors (Lipinski definition) is 1. The van der Waals surface area contributed by atoms with Crippen LogP contribution in [0.15, 0.2) is 46.0 Å². The third-order valence-corrected chi connectivity index (χ3v) is 4.64. The number of benzene rings is 2. The number of aromatic nitrogens is 2. The number of rotatable bonds is 5. The molecule has 1 aromatic heterocycles. The van der Waals surface area contributed by atoms with E-state index in [1.54, 1.807) is 50.5 Å². The van der Waals surface area contributed by atoms with E-state index in [0.29, 0.717) is 28.0 Å². The fraction of sp³-hybridized carbons (Fsp3) is 0.250. The second kappa shape index (κ2) is 7.59. The number of nitrogens with one attached hydrogen (secondary N) is 1. The third kappa shape index (κ3) is 3.24. The first kappa shape index (κ1) is 19.2. The molecule has 3 aromatic rings. The van der Waals surface area contributed by atoms with Gasteiger partial charge in [-0.2, -0.15) is 0 Å². The molecule has 0 spiro atoms. The number of nitrogens with zero attached hydrogens (tertiary/aromatic N) is 2. The number of carbonyl (C=O) groups is 1. The van der Waals surface area contributed by atoms with Crippen LogP contribution in [0.5, 0.6) is 11.5 Å². The van der Waals surface area contributed by atoms with Crippen molar-refractivity contribution in [2.45, 2.75) is 6.54 Å². The minimum absolute atomic E-state index is 0.0871. The molecule has 3 rings (SSSR count). The molecule has 1 N–H and O–H groups in total. The summed E-state index contributed by atoms with van der Waals surface area (Å²) in [7, 11) is 6.13. The first-order chi connectivity index (χ1) is 13.4. The number of hydrogen-bond acceptors (Lipinski definition) is 5. The summed E-state index contributed by atoms with van der Waals surface area (Å²) < 4.78 is 13.1. The largest absolute Gasteiger partial charge is 0.493 e. The molecule has 146 valence electrons. The molecule has 8 heteroatoms. The highest BCUT2D eigenvalue weighted by Gasteiger charge is 2.15. The van der Waals surface area contributed by atoms with E-state index in [1.807, 2.05) is 0 Å². The number of ether oxygens (including phenoxy) is 2. The minimum Gasteiger partial charge on any atom is -0.493 e. The van der Waals surface area contributed by atoms with Gasteiger partial charge in [0.05, 0.1) is 31.7 Å². The van der Waals surface area contributed by atoms with Gasteiger partial charge in [-0.3, -0.25) is 18.7 Å². The first-order valence-electron chi connectivity index (χ1n) is 8.57. The average Bonchev–Trinajstić information content (AvgIpc) is 2.74. The molecule has 0 aliphatic carbocycles. The molecule has 28 heavy (non-hydrogen) atoms. The molecule has 0 bridgehead atoms. The quantitative estimate of drug-likeness (QED) is 0.713. The van der Waals surface area contributed by atoms with Crippen LogP contribution in [0.1, 0.15) is 15.9 Å². The maximum atomic E-state index is 13.0. The van der Waals surface area contributed by atoms with Crippen molar-refractivity contribution in [1.82, 2.24) is 14.5 Å². The van der Waals surface area contributed by atoms with Crippen molar-refractivity contribution in [2.24, 2.45) is 7.05 Å². The van der Waals surface area contributed by atoms with E-state index in [2.05, 4.69) is 5.32 Å². The monoisotopic (exact) mass is 383 g/mol. The second-order valence-corrected chi connectivity index (χ2v) is 6.23. The van der Waals surface area contributed by atoms with Gasteiger partial charge in [-0.15, -0.1) is 0 Å². The van der Waals surface area contributed by atoms with Crippen molar-refractivity contribution in [3.8, 4) is 11.5 Å². The maximum Gasteiger partial charge on any atom is 0.331 e. The zero-order valence-electron chi connectivity index (χ0n) is 16.1. The van der Waals surface area contributed by atoms with Crippen LogP contribution in [0.25, 0.3) is 10.9 Å². The van der Waals surface area contributed by atoms with E-state index in [-0.39, 0.29) is 12.5 Å². The molecule has 1 amide bonds. The highest BCUT2D eigenvalue weighted by molar-refractivity contribution is 5.93. The molecular formula is C20H21N3O5. The van der Waals surface area contributed by atoms with Crippen molar-refractivity contribution >= 4 is 16.8 Å². The fourth-order valence-corrected chi connectivity index (χ4v) is 3.06. The molecule has 0 aliphatic heterocycles. The lowest BCUT2D eigenvalue weighted by Gasteiger charge is -2.14. The lowest BCUT2D eigenvalue weighted by molar-refractivity contribution is 0.0963. The summed E-state index contributed by atoms with van der Waals surface area (Å²) in [5, 5.41) is 2.90. The Morgan fingerprint density at radius 1 is 1.04 bits per heavy atom. The standard InChI is InChI=1S/C20H21N3O5/c1-21-18(24)13-7-5-12(6-8-13)11-23-19(25)14-9-16(27-3)17(28-4)10-15(14)22(2)20(23)26/h5-10H,11H2,1-4H3,(H,21,24). The number of methoxy groups -OCH3 is 2. The van der Waals surface area contributed by atoms with E-state index >= 15 is 0 Å². The lowest BCUT2D eigenvalue weighted by Crippen LogP contribution is -2.39. The van der Waals surface area contributed by atoms with Crippen LogP contribution in [-0.4, -0.2) is 36.3 Å². The van der Waals surface area contributed by atoms with Crippen molar-refractivity contribution in [3.05, 3.63) is 68.4 Å². The molecule has 0 atom stereocenters. The van der Waals surface area contributed by atoms with Gasteiger partial charge in [-0.25, -0.2) is 4.79 Å². The van der Waals surface area contributed by atoms with Crippen molar-refractivity contribution < 1.29 is 14.3 Å². The van der Waals surface area contributed by atoms with Crippen molar-refractivity contribution in [2.75, 3.05) is 21.3 Å². The van der Waals surface area contributed by atoms with E-state index in [1.165, 1.54) is 18.8 Å². The molecular weight excluding hydrogens is 362 g/mol. The van der Waals surface area contributed by atoms with E-state index in [9.17, 15) is 14.4 Å². The van der Waals surface area contributed by atoms with Gasteiger partial charge in [-0.1, -0.05) is 12.1 Å². The molecule has 0 radical (unpaired) electrons. The highest BCUT2D eigenvalue weighted by atomic mass is 16.5. The zero-order chi connectivity index (χ0) is 20.4. The van der Waals surface area contributed by atoms with Crippen LogP contribution < -0.4 is 26.0 Å². The Morgan fingerprint density at radius 2 is 1.64 bits per heavy atom. The predicted molar refractivity (Wildman–Crippen MR) is 105 cm³/mol. The maximum absolute atomic E-state index is 13.0. The smallest absolute Gasteiger partial charge is 0.331 e. The minimum atomic E-state index is -0.444. The fourth-order valence-electron chi connectivity index (χ4n) is 3.06. The summed E-state index contributed by atoms with van der Waals surface area (Å²) in [6, 6.07) is 9.92. The normalized spacial score (nSPS) is 10.7. The molecule has 1 heterocycles. The number of aryl methyl sites for hydroxylation is 1. The summed E-state index contributed by atoms with van der Waals surface area (Å²) in [4.78, 5) is 37.4. The highest BCUT2D eigenvalue weighted by Crippen LogP contribution is 2.30. The first-order valence-corrected chi connectivity index (χ1v) is 8.57. The van der Waals surface area contributed by atoms with Gasteiger partial charge in [0, 0.05) is 25.7 Å². The van der Waals surface area contributed by atoms with Gasteiger partial charge >= 0.3 is 5.69 Å². The molecule has 0 unspecified atom stereocenters. The zero-order valence-corrected chi connectivity index (χ0v) is 16.1. The molecule has 2 aromatic carbocycles. The number of amides is 1. The molecule has 0 saturated carbocycles. The molecule has 0 saturated heterocycles. The Kier molecular flexibility index (Phi) is 5.21. The Hall–Kier alpha value is -3.55. The topological polar surface area (TPSA) is 91.6 Å². The van der Waals surface area contributed by atoms with E-state index < -0.39 is 11.2 Å². The number of carbonyl (C=O) groups excluding carboxylic acids is 1. The van der Waals surface area contributed by atoms with Crippen LogP contribution in [0.3, 0.4) is 0 Å². The van der Waals surface area contributed by atoms with Crippen molar-refractivity contribution in [3.63, 3.8) is 0 Å². The van der Waals surface area contributed by atoms with Crippen LogP contribution in [0, 0.1) is 0 Å². The molecule has 0 fully saturated rings. The second-order valence-electron chi connectivity index (χ2n) is 6.23.